The summed E-state index contributed by atoms with van der Waals surface area (Å²) < 4.78 is 2.11. The van der Waals surface area contributed by atoms with Crippen LogP contribution in [0.4, 0.5) is 5.69 Å². The van der Waals surface area contributed by atoms with Crippen molar-refractivity contribution in [1.29, 1.82) is 0 Å². The van der Waals surface area contributed by atoms with Crippen LogP contribution in [0.1, 0.15) is 5.69 Å². The maximum atomic E-state index is 4.44. The van der Waals surface area contributed by atoms with Crippen molar-refractivity contribution >= 4 is 5.69 Å². The van der Waals surface area contributed by atoms with Gasteiger partial charge >= 0.3 is 0 Å². The van der Waals surface area contributed by atoms with Gasteiger partial charge in [-0.1, -0.05) is 30.3 Å². The first-order valence-electron chi connectivity index (χ1n) is 6.56. The van der Waals surface area contributed by atoms with Crippen molar-refractivity contribution in [3.8, 4) is 11.4 Å². The van der Waals surface area contributed by atoms with Crippen LogP contribution >= 0.6 is 0 Å². The monoisotopic (exact) mass is 264 g/mol. The van der Waals surface area contributed by atoms with Crippen LogP contribution in [0.25, 0.3) is 11.4 Å². The van der Waals surface area contributed by atoms with E-state index in [0.29, 0.717) is 6.54 Å². The second kappa shape index (κ2) is 5.57. The van der Waals surface area contributed by atoms with Gasteiger partial charge in [-0.25, -0.2) is 4.98 Å². The van der Waals surface area contributed by atoms with Crippen molar-refractivity contribution in [3.63, 3.8) is 0 Å². The van der Waals surface area contributed by atoms with Crippen LogP contribution < -0.4 is 5.32 Å². The number of hydrogen-bond acceptors (Lipinski definition) is 3. The van der Waals surface area contributed by atoms with Gasteiger partial charge in [0.15, 0.2) is 0 Å². The molecular formula is C16H16N4. The second-order valence-electron chi connectivity index (χ2n) is 4.53. The van der Waals surface area contributed by atoms with Crippen LogP contribution in [0.2, 0.25) is 0 Å². The topological polar surface area (TPSA) is 42.7 Å². The Bertz CT molecular complexity index is 688. The third-order valence-corrected chi connectivity index (χ3v) is 3.19. The summed E-state index contributed by atoms with van der Waals surface area (Å²) in [6, 6.07) is 14.2. The van der Waals surface area contributed by atoms with E-state index in [0.717, 1.165) is 22.8 Å². The van der Waals surface area contributed by atoms with Gasteiger partial charge in [0, 0.05) is 36.9 Å². The lowest BCUT2D eigenvalue weighted by Crippen LogP contribution is -2.03. The number of rotatable bonds is 4. The molecule has 0 fully saturated rings. The van der Waals surface area contributed by atoms with E-state index in [-0.39, 0.29) is 0 Å². The number of imidazole rings is 1. The Morgan fingerprint density at radius 2 is 1.90 bits per heavy atom. The fourth-order valence-electron chi connectivity index (χ4n) is 2.18. The Balaban J connectivity index is 1.90. The van der Waals surface area contributed by atoms with E-state index in [9.17, 15) is 0 Å². The van der Waals surface area contributed by atoms with E-state index >= 15 is 0 Å². The Hall–Kier alpha value is -2.62. The van der Waals surface area contributed by atoms with Crippen LogP contribution in [-0.2, 0) is 6.54 Å². The minimum atomic E-state index is 0.708. The molecule has 1 aromatic carbocycles. The largest absolute Gasteiger partial charge is 0.388 e. The summed E-state index contributed by atoms with van der Waals surface area (Å²) in [4.78, 5) is 8.85. The summed E-state index contributed by atoms with van der Waals surface area (Å²) in [6.07, 6.45) is 5.63. The maximum Gasteiger partial charge on any atom is 0.140 e. The van der Waals surface area contributed by atoms with Crippen molar-refractivity contribution in [3.05, 3.63) is 66.7 Å². The number of anilines is 1. The van der Waals surface area contributed by atoms with Crippen molar-refractivity contribution in [2.45, 2.75) is 6.54 Å². The molecule has 3 aromatic rings. The summed E-state index contributed by atoms with van der Waals surface area (Å²) in [5.74, 6) is 0.960. The average Bonchev–Trinajstić information content (AvgIpc) is 2.96. The molecule has 0 amide bonds. The first kappa shape index (κ1) is 12.4. The molecule has 0 spiro atoms. The SMILES string of the molecule is CNc1ccnc(Cn2ccnc2-c2ccccc2)c1. The highest BCUT2D eigenvalue weighted by atomic mass is 15.1. The number of benzene rings is 1. The van der Waals surface area contributed by atoms with E-state index in [1.165, 1.54) is 0 Å². The fraction of sp³-hybridized carbons (Fsp3) is 0.125. The number of nitrogens with zero attached hydrogens (tertiary/aromatic N) is 3. The van der Waals surface area contributed by atoms with Gasteiger partial charge in [-0.3, -0.25) is 4.98 Å². The number of aromatic nitrogens is 3. The molecule has 0 radical (unpaired) electrons. The quantitative estimate of drug-likeness (QED) is 0.787. The van der Waals surface area contributed by atoms with Crippen molar-refractivity contribution < 1.29 is 0 Å². The molecule has 0 unspecified atom stereocenters. The van der Waals surface area contributed by atoms with Gasteiger partial charge in [-0.15, -0.1) is 0 Å². The molecule has 1 N–H and O–H groups in total. The van der Waals surface area contributed by atoms with Crippen LogP contribution in [0.15, 0.2) is 61.1 Å². The van der Waals surface area contributed by atoms with Crippen molar-refractivity contribution in [2.24, 2.45) is 0 Å². The minimum absolute atomic E-state index is 0.708. The number of pyridine rings is 1. The summed E-state index contributed by atoms with van der Waals surface area (Å²) in [7, 11) is 1.91. The Morgan fingerprint density at radius 1 is 1.05 bits per heavy atom. The summed E-state index contributed by atoms with van der Waals surface area (Å²) in [5.41, 5.74) is 3.19. The highest BCUT2D eigenvalue weighted by Crippen LogP contribution is 2.18. The van der Waals surface area contributed by atoms with E-state index in [1.54, 1.807) is 0 Å². The molecule has 4 nitrogen and oxygen atoms in total. The van der Waals surface area contributed by atoms with Gasteiger partial charge in [0.05, 0.1) is 12.2 Å². The normalized spacial score (nSPS) is 10.4. The van der Waals surface area contributed by atoms with E-state index < -0.39 is 0 Å². The lowest BCUT2D eigenvalue weighted by Gasteiger charge is -2.08. The molecule has 0 aliphatic heterocycles. The average molecular weight is 264 g/mol. The van der Waals surface area contributed by atoms with Crippen molar-refractivity contribution in [1.82, 2.24) is 14.5 Å². The first-order valence-corrected chi connectivity index (χ1v) is 6.56. The summed E-state index contributed by atoms with van der Waals surface area (Å²) in [6.45, 7) is 0.708. The van der Waals surface area contributed by atoms with Gasteiger partial charge in [-0.2, -0.15) is 0 Å². The fourth-order valence-corrected chi connectivity index (χ4v) is 2.18. The summed E-state index contributed by atoms with van der Waals surface area (Å²) >= 11 is 0. The Kier molecular flexibility index (Phi) is 3.46. The van der Waals surface area contributed by atoms with Gasteiger partial charge in [0.25, 0.3) is 0 Å². The van der Waals surface area contributed by atoms with Gasteiger partial charge in [0.2, 0.25) is 0 Å². The van der Waals surface area contributed by atoms with Gasteiger partial charge in [-0.05, 0) is 12.1 Å². The highest BCUT2D eigenvalue weighted by Gasteiger charge is 2.06. The third kappa shape index (κ3) is 2.54. The van der Waals surface area contributed by atoms with Crippen LogP contribution in [0.5, 0.6) is 0 Å². The van der Waals surface area contributed by atoms with E-state index in [2.05, 4.69) is 38.1 Å². The Labute approximate surface area is 118 Å². The molecule has 20 heavy (non-hydrogen) atoms. The molecular weight excluding hydrogens is 248 g/mol. The molecule has 0 aliphatic carbocycles. The molecule has 0 saturated carbocycles. The zero-order valence-electron chi connectivity index (χ0n) is 11.3. The maximum absolute atomic E-state index is 4.44. The first-order chi connectivity index (χ1) is 9.86. The number of hydrogen-bond donors (Lipinski definition) is 1. The molecule has 0 bridgehead atoms. The molecule has 2 aromatic heterocycles. The molecule has 0 aliphatic rings. The van der Waals surface area contributed by atoms with Gasteiger partial charge in [0.1, 0.15) is 5.82 Å². The zero-order chi connectivity index (χ0) is 13.8. The van der Waals surface area contributed by atoms with Crippen LogP contribution in [-0.4, -0.2) is 21.6 Å². The third-order valence-electron chi connectivity index (χ3n) is 3.19. The lowest BCUT2D eigenvalue weighted by atomic mass is 10.2. The second-order valence-corrected chi connectivity index (χ2v) is 4.53. The van der Waals surface area contributed by atoms with Crippen molar-refractivity contribution in [2.75, 3.05) is 12.4 Å². The standard InChI is InChI=1S/C16H16N4/c1-17-14-7-8-18-15(11-14)12-20-10-9-19-16(20)13-5-3-2-4-6-13/h2-11H,12H2,1H3,(H,17,18). The molecule has 3 rings (SSSR count). The van der Waals surface area contributed by atoms with E-state index in [1.807, 2.05) is 49.9 Å². The van der Waals surface area contributed by atoms with Crippen LogP contribution in [0.3, 0.4) is 0 Å². The Morgan fingerprint density at radius 3 is 2.70 bits per heavy atom. The smallest absolute Gasteiger partial charge is 0.140 e. The molecule has 100 valence electrons. The van der Waals surface area contributed by atoms with Crippen LogP contribution in [0, 0.1) is 0 Å². The molecule has 0 atom stereocenters. The predicted molar refractivity (Wildman–Crippen MR) is 80.5 cm³/mol. The molecule has 2 heterocycles. The highest BCUT2D eigenvalue weighted by molar-refractivity contribution is 5.55. The molecule has 4 heteroatoms. The lowest BCUT2D eigenvalue weighted by molar-refractivity contribution is 0.782. The predicted octanol–water partition coefficient (Wildman–Crippen LogP) is 3.04. The molecule has 0 saturated heterocycles. The van der Waals surface area contributed by atoms with Gasteiger partial charge < -0.3 is 9.88 Å². The number of nitrogens with one attached hydrogen (secondary N) is 1. The zero-order valence-corrected chi connectivity index (χ0v) is 11.3. The minimum Gasteiger partial charge on any atom is -0.388 e. The summed E-state index contributed by atoms with van der Waals surface area (Å²) in [5, 5.41) is 3.13. The van der Waals surface area contributed by atoms with E-state index in [4.69, 9.17) is 0 Å².